The van der Waals surface area contributed by atoms with Gasteiger partial charge in [-0.3, -0.25) is 0 Å². The fraction of sp³-hybridized carbons (Fsp3) is 0.938. The van der Waals surface area contributed by atoms with Crippen LogP contribution in [0.3, 0.4) is 0 Å². The van der Waals surface area contributed by atoms with E-state index in [-0.39, 0.29) is 12.0 Å². The summed E-state index contributed by atoms with van der Waals surface area (Å²) < 4.78 is 5.82. The van der Waals surface area contributed by atoms with Crippen LogP contribution in [0.25, 0.3) is 0 Å². The van der Waals surface area contributed by atoms with E-state index < -0.39 is 24.4 Å². The number of rotatable bonds is 2. The normalized spacial score (nSPS) is 56.9. The molecule has 5 nitrogen and oxygen atoms in total. The molecule has 4 aliphatic carbocycles. The molecule has 119 valence electrons. The summed E-state index contributed by atoms with van der Waals surface area (Å²) >= 11 is 0. The van der Waals surface area contributed by atoms with Gasteiger partial charge in [0.25, 0.3) is 0 Å². The third-order valence-electron chi connectivity index (χ3n) is 6.34. The smallest absolute Gasteiger partial charge is 0.135 e. The molecule has 5 heteroatoms. The largest absolute Gasteiger partial charge is 0.394 e. The number of aliphatic hydroxyl groups excluding tert-OH is 4. The maximum Gasteiger partial charge on any atom is 0.135 e. The van der Waals surface area contributed by atoms with Gasteiger partial charge in [0.2, 0.25) is 0 Å². The molecule has 5 fully saturated rings. The Balaban J connectivity index is 1.62. The monoisotopic (exact) mass is 297 g/mol. The lowest BCUT2D eigenvalue weighted by Gasteiger charge is -2.60. The molecule has 0 aromatic carbocycles. The Labute approximate surface area is 124 Å². The summed E-state index contributed by atoms with van der Waals surface area (Å²) in [6, 6.07) is 0. The first kappa shape index (κ1) is 14.4. The van der Waals surface area contributed by atoms with Crippen LogP contribution in [0.15, 0.2) is 0 Å². The first-order valence-corrected chi connectivity index (χ1v) is 8.21. The van der Waals surface area contributed by atoms with E-state index >= 15 is 0 Å². The van der Waals surface area contributed by atoms with Crippen LogP contribution in [-0.2, 0) is 4.74 Å². The van der Waals surface area contributed by atoms with Gasteiger partial charge in [0.05, 0.1) is 6.61 Å². The maximum absolute atomic E-state index is 10.4. The van der Waals surface area contributed by atoms with Gasteiger partial charge in [-0.05, 0) is 56.3 Å². The zero-order valence-corrected chi connectivity index (χ0v) is 12.2. The van der Waals surface area contributed by atoms with Crippen LogP contribution in [0.4, 0.5) is 0 Å². The molecule has 5 aliphatic rings. The van der Waals surface area contributed by atoms with E-state index in [1.54, 1.807) is 0 Å². The van der Waals surface area contributed by atoms with Crippen molar-refractivity contribution in [1.82, 2.24) is 0 Å². The first-order chi connectivity index (χ1) is 10.0. The Kier molecular flexibility index (Phi) is 3.36. The lowest BCUT2D eigenvalue weighted by molar-refractivity contribution is -0.228. The van der Waals surface area contributed by atoms with Gasteiger partial charge in [-0.25, -0.2) is 0 Å². The quantitative estimate of drug-likeness (QED) is 0.585. The number of hydrogen-bond acceptors (Lipinski definition) is 5. The van der Waals surface area contributed by atoms with E-state index in [1.165, 1.54) is 19.3 Å². The lowest BCUT2D eigenvalue weighted by Crippen LogP contribution is -2.61. The molecule has 4 atom stereocenters. The highest BCUT2D eigenvalue weighted by molar-refractivity contribution is 5.17. The minimum atomic E-state index is -1.26. The molecular formula is C16H25O5. The van der Waals surface area contributed by atoms with Crippen molar-refractivity contribution in [3.8, 4) is 0 Å². The summed E-state index contributed by atoms with van der Waals surface area (Å²) in [6.07, 6.45) is 3.00. The number of ether oxygens (including phenoxy) is 1. The van der Waals surface area contributed by atoms with Crippen LogP contribution in [0.2, 0.25) is 0 Å². The molecule has 1 heterocycles. The zero-order valence-electron chi connectivity index (χ0n) is 12.2. The van der Waals surface area contributed by atoms with Crippen LogP contribution in [0, 0.1) is 29.3 Å². The predicted octanol–water partition coefficient (Wildman–Crippen LogP) is 0.209. The van der Waals surface area contributed by atoms with Crippen molar-refractivity contribution in [3.63, 3.8) is 0 Å². The van der Waals surface area contributed by atoms with Crippen LogP contribution in [0.5, 0.6) is 0 Å². The SMILES string of the molecule is OC[C@H]1O[C](C23CC4CC(CC(C4)C2)C3)[C@H](O)[C@@H](O)[C@@H]1O. The molecule has 4 saturated carbocycles. The summed E-state index contributed by atoms with van der Waals surface area (Å²) in [4.78, 5) is 0. The van der Waals surface area contributed by atoms with Gasteiger partial charge in [0.1, 0.15) is 30.5 Å². The summed E-state index contributed by atoms with van der Waals surface area (Å²) in [6.45, 7) is -0.346. The topological polar surface area (TPSA) is 90.2 Å². The van der Waals surface area contributed by atoms with E-state index in [9.17, 15) is 20.4 Å². The minimum Gasteiger partial charge on any atom is -0.394 e. The van der Waals surface area contributed by atoms with E-state index in [0.29, 0.717) is 23.9 Å². The molecule has 0 spiro atoms. The van der Waals surface area contributed by atoms with Crippen molar-refractivity contribution >= 4 is 0 Å². The zero-order chi connectivity index (χ0) is 14.8. The highest BCUT2D eigenvalue weighted by Gasteiger charge is 2.60. The molecule has 21 heavy (non-hydrogen) atoms. The van der Waals surface area contributed by atoms with Crippen molar-refractivity contribution in [3.05, 3.63) is 6.10 Å². The van der Waals surface area contributed by atoms with Gasteiger partial charge in [-0.15, -0.1) is 0 Å². The van der Waals surface area contributed by atoms with Crippen LogP contribution in [0.1, 0.15) is 38.5 Å². The van der Waals surface area contributed by atoms with Crippen molar-refractivity contribution in [2.75, 3.05) is 6.61 Å². The first-order valence-electron chi connectivity index (χ1n) is 8.21. The van der Waals surface area contributed by atoms with E-state index in [1.807, 2.05) is 0 Å². The Morgan fingerprint density at radius 3 is 1.90 bits per heavy atom. The molecule has 1 saturated heterocycles. The van der Waals surface area contributed by atoms with Crippen molar-refractivity contribution < 1.29 is 25.2 Å². The van der Waals surface area contributed by atoms with Crippen LogP contribution < -0.4 is 0 Å². The molecule has 4 N–H and O–H groups in total. The summed E-state index contributed by atoms with van der Waals surface area (Å²) in [5.41, 5.74) is -0.150. The maximum atomic E-state index is 10.4. The summed E-state index contributed by atoms with van der Waals surface area (Å²) in [5.74, 6) is 2.11. The average molecular weight is 297 g/mol. The Hall–Kier alpha value is -0.200. The van der Waals surface area contributed by atoms with E-state index in [2.05, 4.69) is 0 Å². The van der Waals surface area contributed by atoms with Gasteiger partial charge in [-0.1, -0.05) is 0 Å². The summed E-state index contributed by atoms with van der Waals surface area (Å²) in [7, 11) is 0. The van der Waals surface area contributed by atoms with Gasteiger partial charge < -0.3 is 25.2 Å². The van der Waals surface area contributed by atoms with Gasteiger partial charge in [0.15, 0.2) is 0 Å². The molecule has 0 amide bonds. The molecular weight excluding hydrogens is 272 g/mol. The molecule has 0 aromatic rings. The minimum absolute atomic E-state index is 0.150. The Morgan fingerprint density at radius 1 is 0.905 bits per heavy atom. The number of hydrogen-bond donors (Lipinski definition) is 4. The predicted molar refractivity (Wildman–Crippen MR) is 73.8 cm³/mol. The fourth-order valence-electron chi connectivity index (χ4n) is 5.86. The summed E-state index contributed by atoms with van der Waals surface area (Å²) in [5, 5.41) is 39.8. The molecule has 1 aliphatic heterocycles. The van der Waals surface area contributed by atoms with Crippen molar-refractivity contribution in [2.45, 2.75) is 62.9 Å². The standard InChI is InChI=1S/C16H25O5/c17-7-11-12(18)13(19)14(20)15(21-11)16-4-8-1-9(5-16)3-10(2-8)6-16/h8-14,17-20H,1-7H2/t8?,9?,10?,11-,12-,13+,14-,16?/m1/s1. The van der Waals surface area contributed by atoms with Crippen LogP contribution >= 0.6 is 0 Å². The molecule has 5 rings (SSSR count). The average Bonchev–Trinajstić information content (AvgIpc) is 2.43. The van der Waals surface area contributed by atoms with Crippen molar-refractivity contribution in [2.24, 2.45) is 23.2 Å². The second-order valence-electron chi connectivity index (χ2n) is 7.83. The van der Waals surface area contributed by atoms with E-state index in [4.69, 9.17) is 4.74 Å². The fourth-order valence-corrected chi connectivity index (χ4v) is 5.86. The van der Waals surface area contributed by atoms with Gasteiger partial charge in [0, 0.05) is 5.41 Å². The highest BCUT2D eigenvalue weighted by atomic mass is 16.5. The van der Waals surface area contributed by atoms with Crippen LogP contribution in [-0.4, -0.2) is 51.4 Å². The van der Waals surface area contributed by atoms with Gasteiger partial charge in [-0.2, -0.15) is 0 Å². The third kappa shape index (κ3) is 2.09. The second-order valence-corrected chi connectivity index (χ2v) is 7.83. The number of aliphatic hydroxyl groups is 4. The second kappa shape index (κ2) is 4.90. The molecule has 0 unspecified atom stereocenters. The van der Waals surface area contributed by atoms with Crippen molar-refractivity contribution in [1.29, 1.82) is 0 Å². The van der Waals surface area contributed by atoms with E-state index in [0.717, 1.165) is 19.3 Å². The Morgan fingerprint density at radius 2 is 1.43 bits per heavy atom. The molecule has 0 aromatic heterocycles. The molecule has 4 bridgehead atoms. The highest BCUT2D eigenvalue weighted by Crippen LogP contribution is 2.64. The molecule has 1 radical (unpaired) electrons. The third-order valence-corrected chi connectivity index (χ3v) is 6.34. The Bertz CT molecular complexity index is 374. The van der Waals surface area contributed by atoms with Gasteiger partial charge >= 0.3 is 0 Å². The lowest BCUT2D eigenvalue weighted by atomic mass is 9.47.